The van der Waals surface area contributed by atoms with Gasteiger partial charge in [0.1, 0.15) is 12.2 Å². The number of nitrogens with zero attached hydrogens (tertiary/aromatic N) is 2. The van der Waals surface area contributed by atoms with Crippen molar-refractivity contribution in [3.05, 3.63) is 54.0 Å². The van der Waals surface area contributed by atoms with Crippen LogP contribution in [0.3, 0.4) is 0 Å². The van der Waals surface area contributed by atoms with Gasteiger partial charge in [-0.25, -0.2) is 4.98 Å². The third kappa shape index (κ3) is 3.28. The van der Waals surface area contributed by atoms with E-state index in [1.807, 2.05) is 30.3 Å². The summed E-state index contributed by atoms with van der Waals surface area (Å²) in [6, 6.07) is 11.5. The maximum absolute atomic E-state index is 9.82. The van der Waals surface area contributed by atoms with Crippen molar-refractivity contribution in [2.24, 2.45) is 0 Å². The Bertz CT molecular complexity index is 507. The van der Waals surface area contributed by atoms with Crippen LogP contribution in [0.5, 0.6) is 5.88 Å². The van der Waals surface area contributed by atoms with E-state index in [4.69, 9.17) is 4.74 Å². The molecular weight excluding hydrogens is 228 g/mol. The lowest BCUT2D eigenvalue weighted by Gasteiger charge is -2.15. The summed E-state index contributed by atoms with van der Waals surface area (Å²) < 4.78 is 5.57. The Morgan fingerprint density at radius 1 is 1.17 bits per heavy atom. The molecule has 94 valence electrons. The van der Waals surface area contributed by atoms with E-state index in [9.17, 15) is 5.11 Å². The van der Waals surface area contributed by atoms with Crippen molar-refractivity contribution < 1.29 is 9.84 Å². The molecule has 18 heavy (non-hydrogen) atoms. The molecule has 0 radical (unpaired) electrons. The molecule has 0 aliphatic heterocycles. The fourth-order valence-electron chi connectivity index (χ4n) is 1.45. The maximum atomic E-state index is 9.82. The predicted octanol–water partition coefficient (Wildman–Crippen LogP) is 2.28. The molecule has 2 aromatic rings. The molecule has 0 bridgehead atoms. The summed E-state index contributed by atoms with van der Waals surface area (Å²) in [7, 11) is 0. The SMILES string of the molecule is CC(C)(O)c1nccc(OCc2ccccc2)n1. The van der Waals surface area contributed by atoms with Gasteiger partial charge in [-0.1, -0.05) is 30.3 Å². The number of aliphatic hydroxyl groups is 1. The van der Waals surface area contributed by atoms with Crippen molar-refractivity contribution in [3.63, 3.8) is 0 Å². The van der Waals surface area contributed by atoms with Crippen molar-refractivity contribution in [1.29, 1.82) is 0 Å². The quantitative estimate of drug-likeness (QED) is 0.896. The van der Waals surface area contributed by atoms with Crippen LogP contribution in [-0.2, 0) is 12.2 Å². The molecule has 0 unspecified atom stereocenters. The lowest BCUT2D eigenvalue weighted by molar-refractivity contribution is 0.0676. The summed E-state index contributed by atoms with van der Waals surface area (Å²) in [4.78, 5) is 8.20. The standard InChI is InChI=1S/C14H16N2O2/c1-14(2,17)13-15-9-8-12(16-13)18-10-11-6-4-3-5-7-11/h3-9,17H,10H2,1-2H3. The first kappa shape index (κ1) is 12.5. The third-order valence-corrected chi connectivity index (χ3v) is 2.41. The highest BCUT2D eigenvalue weighted by Crippen LogP contribution is 2.17. The van der Waals surface area contributed by atoms with Crippen molar-refractivity contribution in [2.45, 2.75) is 26.1 Å². The van der Waals surface area contributed by atoms with Gasteiger partial charge in [0.15, 0.2) is 5.82 Å². The summed E-state index contributed by atoms with van der Waals surface area (Å²) in [5.41, 5.74) is 0.00692. The van der Waals surface area contributed by atoms with E-state index in [2.05, 4.69) is 9.97 Å². The molecule has 0 saturated heterocycles. The van der Waals surface area contributed by atoms with Crippen LogP contribution >= 0.6 is 0 Å². The molecule has 4 heteroatoms. The first-order valence-electron chi connectivity index (χ1n) is 5.78. The van der Waals surface area contributed by atoms with Crippen LogP contribution in [0.25, 0.3) is 0 Å². The summed E-state index contributed by atoms with van der Waals surface area (Å²) in [5, 5.41) is 9.82. The molecule has 2 rings (SSSR count). The molecular formula is C14H16N2O2. The Kier molecular flexibility index (Phi) is 3.58. The molecule has 0 atom stereocenters. The summed E-state index contributed by atoms with van der Waals surface area (Å²) in [6.07, 6.45) is 1.58. The second-order valence-corrected chi connectivity index (χ2v) is 4.55. The molecule has 0 spiro atoms. The molecule has 1 heterocycles. The first-order valence-corrected chi connectivity index (χ1v) is 5.78. The Morgan fingerprint density at radius 2 is 1.89 bits per heavy atom. The zero-order valence-corrected chi connectivity index (χ0v) is 10.5. The van der Waals surface area contributed by atoms with Crippen LogP contribution in [0, 0.1) is 0 Å². The fraction of sp³-hybridized carbons (Fsp3) is 0.286. The number of hydrogen-bond acceptors (Lipinski definition) is 4. The van der Waals surface area contributed by atoms with E-state index in [0.29, 0.717) is 18.3 Å². The largest absolute Gasteiger partial charge is 0.473 e. The maximum Gasteiger partial charge on any atom is 0.216 e. The fourth-order valence-corrected chi connectivity index (χ4v) is 1.45. The zero-order valence-electron chi connectivity index (χ0n) is 10.5. The van der Waals surface area contributed by atoms with Crippen LogP contribution in [-0.4, -0.2) is 15.1 Å². The van der Waals surface area contributed by atoms with Gasteiger partial charge in [0.25, 0.3) is 0 Å². The van der Waals surface area contributed by atoms with E-state index < -0.39 is 5.60 Å². The predicted molar refractivity (Wildman–Crippen MR) is 68.1 cm³/mol. The molecule has 1 aromatic carbocycles. The minimum Gasteiger partial charge on any atom is -0.473 e. The molecule has 0 aliphatic carbocycles. The first-order chi connectivity index (χ1) is 8.55. The van der Waals surface area contributed by atoms with Gasteiger partial charge in [0, 0.05) is 12.3 Å². The Morgan fingerprint density at radius 3 is 2.56 bits per heavy atom. The minimum atomic E-state index is -1.06. The van der Waals surface area contributed by atoms with Gasteiger partial charge >= 0.3 is 0 Å². The second kappa shape index (κ2) is 5.14. The monoisotopic (exact) mass is 244 g/mol. The molecule has 0 fully saturated rings. The number of ether oxygens (including phenoxy) is 1. The Balaban J connectivity index is 2.06. The molecule has 4 nitrogen and oxygen atoms in total. The van der Waals surface area contributed by atoms with Gasteiger partial charge in [-0.3, -0.25) is 0 Å². The van der Waals surface area contributed by atoms with Gasteiger partial charge in [-0.2, -0.15) is 4.98 Å². The molecule has 0 aliphatic rings. The minimum absolute atomic E-state index is 0.355. The van der Waals surface area contributed by atoms with Crippen molar-refractivity contribution in [3.8, 4) is 5.88 Å². The van der Waals surface area contributed by atoms with E-state index in [1.165, 1.54) is 0 Å². The van der Waals surface area contributed by atoms with Gasteiger partial charge in [0.2, 0.25) is 5.88 Å². The molecule has 1 N–H and O–H groups in total. The molecule has 0 saturated carbocycles. The van der Waals surface area contributed by atoms with Gasteiger partial charge in [0.05, 0.1) is 0 Å². The van der Waals surface area contributed by atoms with Gasteiger partial charge < -0.3 is 9.84 Å². The summed E-state index contributed by atoms with van der Waals surface area (Å²) in [6.45, 7) is 3.73. The number of aromatic nitrogens is 2. The molecule has 1 aromatic heterocycles. The smallest absolute Gasteiger partial charge is 0.216 e. The third-order valence-electron chi connectivity index (χ3n) is 2.41. The Hall–Kier alpha value is -1.94. The average Bonchev–Trinajstić information content (AvgIpc) is 2.37. The van der Waals surface area contributed by atoms with Crippen molar-refractivity contribution >= 4 is 0 Å². The number of benzene rings is 1. The number of rotatable bonds is 4. The topological polar surface area (TPSA) is 55.2 Å². The second-order valence-electron chi connectivity index (χ2n) is 4.55. The highest BCUT2D eigenvalue weighted by molar-refractivity contribution is 5.16. The van der Waals surface area contributed by atoms with Gasteiger partial charge in [-0.05, 0) is 19.4 Å². The van der Waals surface area contributed by atoms with E-state index in [-0.39, 0.29) is 0 Å². The van der Waals surface area contributed by atoms with Crippen LogP contribution in [0.4, 0.5) is 0 Å². The summed E-state index contributed by atoms with van der Waals surface area (Å²) >= 11 is 0. The molecule has 0 amide bonds. The van der Waals surface area contributed by atoms with Crippen LogP contribution in [0.15, 0.2) is 42.6 Å². The summed E-state index contributed by atoms with van der Waals surface area (Å²) in [5.74, 6) is 0.819. The van der Waals surface area contributed by atoms with Gasteiger partial charge in [-0.15, -0.1) is 0 Å². The van der Waals surface area contributed by atoms with E-state index in [1.54, 1.807) is 26.1 Å². The lowest BCUT2D eigenvalue weighted by atomic mass is 10.1. The zero-order chi connectivity index (χ0) is 13.0. The van der Waals surface area contributed by atoms with E-state index in [0.717, 1.165) is 5.56 Å². The number of hydrogen-bond donors (Lipinski definition) is 1. The Labute approximate surface area is 106 Å². The highest BCUT2D eigenvalue weighted by atomic mass is 16.5. The van der Waals surface area contributed by atoms with Crippen LogP contribution in [0.1, 0.15) is 25.2 Å². The lowest BCUT2D eigenvalue weighted by Crippen LogP contribution is -2.19. The van der Waals surface area contributed by atoms with Crippen LogP contribution in [0.2, 0.25) is 0 Å². The highest BCUT2D eigenvalue weighted by Gasteiger charge is 2.19. The van der Waals surface area contributed by atoms with E-state index >= 15 is 0 Å². The van der Waals surface area contributed by atoms with Crippen molar-refractivity contribution in [1.82, 2.24) is 9.97 Å². The average molecular weight is 244 g/mol. The normalized spacial score (nSPS) is 11.3. The van der Waals surface area contributed by atoms with Crippen molar-refractivity contribution in [2.75, 3.05) is 0 Å². The van der Waals surface area contributed by atoms with Crippen LogP contribution < -0.4 is 4.74 Å².